The minimum absolute atomic E-state index is 0.449. The second kappa shape index (κ2) is 4.82. The highest BCUT2D eigenvalue weighted by atomic mass is 16.5. The van der Waals surface area contributed by atoms with Gasteiger partial charge in [-0.1, -0.05) is 0 Å². The molecular formula is C10H18N4O. The topological polar surface area (TPSA) is 64.3 Å². The Morgan fingerprint density at radius 2 is 1.87 bits per heavy atom. The minimum Gasteiger partial charge on any atom is -0.479 e. The number of aryl methyl sites for hydroxylation is 1. The molecule has 0 radical (unpaired) electrons. The number of aromatic nitrogens is 2. The normalized spacial score (nSPS) is 10.1. The molecule has 0 atom stereocenters. The van der Waals surface area contributed by atoms with Crippen molar-refractivity contribution >= 4 is 11.5 Å². The molecule has 1 aromatic rings. The molecule has 0 unspecified atom stereocenters. The monoisotopic (exact) mass is 210 g/mol. The zero-order valence-electron chi connectivity index (χ0n) is 9.74. The van der Waals surface area contributed by atoms with E-state index in [9.17, 15) is 0 Å². The van der Waals surface area contributed by atoms with E-state index in [2.05, 4.69) is 28.7 Å². The maximum atomic E-state index is 5.92. The first-order chi connectivity index (χ1) is 7.13. The van der Waals surface area contributed by atoms with Crippen LogP contribution in [0.4, 0.5) is 11.5 Å². The van der Waals surface area contributed by atoms with Gasteiger partial charge in [0.25, 0.3) is 0 Å². The van der Waals surface area contributed by atoms with Crippen molar-refractivity contribution in [3.63, 3.8) is 0 Å². The van der Waals surface area contributed by atoms with Gasteiger partial charge in [0, 0.05) is 13.1 Å². The molecule has 15 heavy (non-hydrogen) atoms. The zero-order chi connectivity index (χ0) is 11.4. The molecule has 0 bridgehead atoms. The van der Waals surface area contributed by atoms with Gasteiger partial charge < -0.3 is 15.4 Å². The van der Waals surface area contributed by atoms with Gasteiger partial charge >= 0.3 is 0 Å². The summed E-state index contributed by atoms with van der Waals surface area (Å²) in [6.45, 7) is 7.68. The van der Waals surface area contributed by atoms with E-state index in [1.807, 2.05) is 6.92 Å². The summed E-state index contributed by atoms with van der Waals surface area (Å²) in [5, 5.41) is 0. The lowest BCUT2D eigenvalue weighted by atomic mass is 10.4. The first-order valence-electron chi connectivity index (χ1n) is 5.07. The average molecular weight is 210 g/mol. The van der Waals surface area contributed by atoms with E-state index in [4.69, 9.17) is 10.5 Å². The van der Waals surface area contributed by atoms with E-state index >= 15 is 0 Å². The Balaban J connectivity index is 3.21. The molecular weight excluding hydrogens is 192 g/mol. The molecule has 5 nitrogen and oxygen atoms in total. The molecule has 84 valence electrons. The lowest BCUT2D eigenvalue weighted by Crippen LogP contribution is -2.25. The lowest BCUT2D eigenvalue weighted by molar-refractivity contribution is 0.398. The van der Waals surface area contributed by atoms with Gasteiger partial charge in [-0.2, -0.15) is 4.98 Å². The quantitative estimate of drug-likeness (QED) is 0.809. The van der Waals surface area contributed by atoms with Crippen molar-refractivity contribution in [1.82, 2.24) is 9.97 Å². The number of hydrogen-bond acceptors (Lipinski definition) is 5. The number of ether oxygens (including phenoxy) is 1. The summed E-state index contributed by atoms with van der Waals surface area (Å²) in [6.07, 6.45) is 0. The third-order valence-electron chi connectivity index (χ3n) is 2.26. The molecule has 0 aliphatic carbocycles. The molecule has 0 saturated carbocycles. The highest BCUT2D eigenvalue weighted by Crippen LogP contribution is 2.28. The van der Waals surface area contributed by atoms with Gasteiger partial charge in [-0.3, -0.25) is 0 Å². The summed E-state index contributed by atoms with van der Waals surface area (Å²) in [6, 6.07) is 0. The van der Waals surface area contributed by atoms with Crippen molar-refractivity contribution in [3.8, 4) is 5.88 Å². The van der Waals surface area contributed by atoms with Gasteiger partial charge in [0.1, 0.15) is 11.5 Å². The van der Waals surface area contributed by atoms with Crippen molar-refractivity contribution in [2.24, 2.45) is 0 Å². The van der Waals surface area contributed by atoms with Crippen LogP contribution in [0.5, 0.6) is 5.88 Å². The van der Waals surface area contributed by atoms with Crippen LogP contribution in [-0.2, 0) is 0 Å². The van der Waals surface area contributed by atoms with Gasteiger partial charge in [-0.25, -0.2) is 4.98 Å². The number of methoxy groups -OCH3 is 1. The first-order valence-corrected chi connectivity index (χ1v) is 5.07. The standard InChI is InChI=1S/C10H18N4O/c1-5-14(6-2)9-8(11)10(15-4)13-7(3)12-9/h5-6,11H2,1-4H3. The Kier molecular flexibility index (Phi) is 3.71. The van der Waals surface area contributed by atoms with E-state index in [1.165, 1.54) is 0 Å². The molecule has 0 aromatic carbocycles. The van der Waals surface area contributed by atoms with Crippen molar-refractivity contribution < 1.29 is 4.74 Å². The second-order valence-corrected chi connectivity index (χ2v) is 3.19. The van der Waals surface area contributed by atoms with Crippen LogP contribution in [0.1, 0.15) is 19.7 Å². The molecule has 0 fully saturated rings. The van der Waals surface area contributed by atoms with Crippen LogP contribution in [0.3, 0.4) is 0 Å². The molecule has 5 heteroatoms. The lowest BCUT2D eigenvalue weighted by Gasteiger charge is -2.22. The number of nitrogen functional groups attached to an aromatic ring is 1. The Bertz CT molecular complexity index is 336. The van der Waals surface area contributed by atoms with Gasteiger partial charge in [-0.05, 0) is 20.8 Å². The number of rotatable bonds is 4. The fourth-order valence-electron chi connectivity index (χ4n) is 1.46. The van der Waals surface area contributed by atoms with E-state index in [0.717, 1.165) is 18.9 Å². The molecule has 1 heterocycles. The summed E-state index contributed by atoms with van der Waals surface area (Å²) < 4.78 is 5.10. The second-order valence-electron chi connectivity index (χ2n) is 3.19. The van der Waals surface area contributed by atoms with Crippen molar-refractivity contribution in [1.29, 1.82) is 0 Å². The van der Waals surface area contributed by atoms with Crippen molar-refractivity contribution in [2.75, 3.05) is 30.8 Å². The van der Waals surface area contributed by atoms with Crippen LogP contribution in [-0.4, -0.2) is 30.2 Å². The Morgan fingerprint density at radius 3 is 2.33 bits per heavy atom. The van der Waals surface area contributed by atoms with Crippen LogP contribution in [0.25, 0.3) is 0 Å². The van der Waals surface area contributed by atoms with Crippen LogP contribution < -0.4 is 15.4 Å². The minimum atomic E-state index is 0.449. The van der Waals surface area contributed by atoms with E-state index in [0.29, 0.717) is 17.4 Å². The average Bonchev–Trinajstić information content (AvgIpc) is 2.24. The van der Waals surface area contributed by atoms with Crippen LogP contribution in [0.15, 0.2) is 0 Å². The summed E-state index contributed by atoms with van der Waals surface area (Å²) in [7, 11) is 1.56. The Hall–Kier alpha value is -1.52. The molecule has 0 saturated heterocycles. The van der Waals surface area contributed by atoms with E-state index in [-0.39, 0.29) is 0 Å². The molecule has 0 aliphatic heterocycles. The fraction of sp³-hybridized carbons (Fsp3) is 0.600. The van der Waals surface area contributed by atoms with Gasteiger partial charge in [-0.15, -0.1) is 0 Å². The van der Waals surface area contributed by atoms with Gasteiger partial charge in [0.15, 0.2) is 5.82 Å². The largest absolute Gasteiger partial charge is 0.479 e. The third kappa shape index (κ3) is 2.29. The first kappa shape index (κ1) is 11.6. The molecule has 2 N–H and O–H groups in total. The fourth-order valence-corrected chi connectivity index (χ4v) is 1.46. The van der Waals surface area contributed by atoms with Gasteiger partial charge in [0.05, 0.1) is 7.11 Å². The smallest absolute Gasteiger partial charge is 0.242 e. The van der Waals surface area contributed by atoms with E-state index < -0.39 is 0 Å². The maximum Gasteiger partial charge on any atom is 0.242 e. The highest BCUT2D eigenvalue weighted by Gasteiger charge is 2.14. The molecule has 0 spiro atoms. The maximum absolute atomic E-state index is 5.92. The molecule has 0 amide bonds. The number of anilines is 2. The number of hydrogen-bond donors (Lipinski definition) is 1. The van der Waals surface area contributed by atoms with Gasteiger partial charge in [0.2, 0.25) is 5.88 Å². The van der Waals surface area contributed by atoms with Crippen molar-refractivity contribution in [2.45, 2.75) is 20.8 Å². The molecule has 0 aliphatic rings. The van der Waals surface area contributed by atoms with Crippen LogP contribution in [0, 0.1) is 6.92 Å². The summed E-state index contributed by atoms with van der Waals surface area (Å²) in [5.41, 5.74) is 6.43. The van der Waals surface area contributed by atoms with Crippen LogP contribution in [0.2, 0.25) is 0 Å². The number of nitrogens with zero attached hydrogens (tertiary/aromatic N) is 3. The van der Waals surface area contributed by atoms with E-state index in [1.54, 1.807) is 7.11 Å². The van der Waals surface area contributed by atoms with Crippen molar-refractivity contribution in [3.05, 3.63) is 5.82 Å². The summed E-state index contributed by atoms with van der Waals surface area (Å²) in [4.78, 5) is 10.5. The third-order valence-corrected chi connectivity index (χ3v) is 2.26. The summed E-state index contributed by atoms with van der Waals surface area (Å²) in [5.74, 6) is 1.87. The number of nitrogens with two attached hydrogens (primary N) is 1. The summed E-state index contributed by atoms with van der Waals surface area (Å²) >= 11 is 0. The molecule has 1 rings (SSSR count). The zero-order valence-corrected chi connectivity index (χ0v) is 9.74. The van der Waals surface area contributed by atoms with Crippen LogP contribution >= 0.6 is 0 Å². The predicted octanol–water partition coefficient (Wildman–Crippen LogP) is 1.22. The SMILES string of the molecule is CCN(CC)c1nc(C)nc(OC)c1N. The Labute approximate surface area is 90.3 Å². The highest BCUT2D eigenvalue weighted by molar-refractivity contribution is 5.68. The Morgan fingerprint density at radius 1 is 1.27 bits per heavy atom. The predicted molar refractivity (Wildman–Crippen MR) is 61.3 cm³/mol. The molecule has 1 aromatic heterocycles.